The van der Waals surface area contributed by atoms with Gasteiger partial charge in [-0.3, -0.25) is 0 Å². The van der Waals surface area contributed by atoms with Crippen LogP contribution in [-0.4, -0.2) is 18.5 Å². The predicted molar refractivity (Wildman–Crippen MR) is 87.5 cm³/mol. The zero-order valence-corrected chi connectivity index (χ0v) is 13.8. The highest BCUT2D eigenvalue weighted by Gasteiger charge is 2.09. The minimum Gasteiger partial charge on any atom is -0.463 e. The summed E-state index contributed by atoms with van der Waals surface area (Å²) in [7, 11) is 0. The molecule has 0 spiro atoms. The van der Waals surface area contributed by atoms with E-state index in [0.29, 0.717) is 16.5 Å². The molecule has 1 aromatic heterocycles. The first-order valence-electron chi connectivity index (χ1n) is 7.46. The molecule has 0 amide bonds. The first-order chi connectivity index (χ1) is 11.4. The van der Waals surface area contributed by atoms with Gasteiger partial charge in [0.2, 0.25) is 0 Å². The molecule has 0 saturated heterocycles. The molecule has 6 nitrogen and oxygen atoms in total. The molecule has 0 bridgehead atoms. The van der Waals surface area contributed by atoms with Gasteiger partial charge >= 0.3 is 17.6 Å². The number of hydrogen-bond donors (Lipinski definition) is 0. The molecule has 126 valence electrons. The fraction of sp³-hybridized carbons (Fsp3) is 0.278. The standard InChI is InChI=1S/C18H18O6/c1-4-22-16(19)5-6-17(20)23-10-13-9-18(21)24-15-8-12(3)11(2)7-14(13)15/h5-9H,4,10H2,1-3H3/b6-5+. The zero-order valence-electron chi connectivity index (χ0n) is 13.8. The summed E-state index contributed by atoms with van der Waals surface area (Å²) >= 11 is 0. The summed E-state index contributed by atoms with van der Waals surface area (Å²) in [6, 6.07) is 4.95. The number of rotatable bonds is 5. The molecular weight excluding hydrogens is 312 g/mol. The van der Waals surface area contributed by atoms with Crippen molar-refractivity contribution in [3.05, 3.63) is 57.5 Å². The Morgan fingerprint density at radius 2 is 1.67 bits per heavy atom. The van der Waals surface area contributed by atoms with Gasteiger partial charge in [-0.2, -0.15) is 0 Å². The van der Waals surface area contributed by atoms with Crippen LogP contribution in [-0.2, 0) is 25.7 Å². The Hall–Kier alpha value is -2.89. The SMILES string of the molecule is CCOC(=O)/C=C/C(=O)OCc1cc(=O)oc2cc(C)c(C)cc12. The summed E-state index contributed by atoms with van der Waals surface area (Å²) in [5, 5.41) is 0.708. The number of carbonyl (C=O) groups is 2. The average Bonchev–Trinajstić information content (AvgIpc) is 2.52. The Kier molecular flexibility index (Phi) is 5.52. The van der Waals surface area contributed by atoms with Crippen molar-refractivity contribution in [1.82, 2.24) is 0 Å². The summed E-state index contributed by atoms with van der Waals surface area (Å²) in [5.41, 5.74) is 2.50. The Balaban J connectivity index is 2.18. The largest absolute Gasteiger partial charge is 0.463 e. The van der Waals surface area contributed by atoms with Gasteiger partial charge in [0, 0.05) is 29.2 Å². The Morgan fingerprint density at radius 3 is 2.33 bits per heavy atom. The lowest BCUT2D eigenvalue weighted by Crippen LogP contribution is -2.07. The fourth-order valence-corrected chi connectivity index (χ4v) is 2.13. The molecule has 0 N–H and O–H groups in total. The summed E-state index contributed by atoms with van der Waals surface area (Å²) in [5.74, 6) is -1.32. The number of aryl methyl sites for hydroxylation is 2. The third kappa shape index (κ3) is 4.32. The van der Waals surface area contributed by atoms with E-state index in [1.54, 1.807) is 13.0 Å². The topological polar surface area (TPSA) is 82.8 Å². The molecular formula is C18H18O6. The molecule has 0 aliphatic heterocycles. The Labute approximate surface area is 138 Å². The van der Waals surface area contributed by atoms with Gasteiger partial charge < -0.3 is 13.9 Å². The van der Waals surface area contributed by atoms with E-state index in [2.05, 4.69) is 4.74 Å². The molecule has 1 aromatic carbocycles. The lowest BCUT2D eigenvalue weighted by molar-refractivity contribution is -0.141. The van der Waals surface area contributed by atoms with E-state index in [4.69, 9.17) is 9.15 Å². The van der Waals surface area contributed by atoms with Crippen molar-refractivity contribution in [3.8, 4) is 0 Å². The molecule has 2 aromatic rings. The van der Waals surface area contributed by atoms with Crippen LogP contribution in [0.1, 0.15) is 23.6 Å². The van der Waals surface area contributed by atoms with Crippen LogP contribution in [0.15, 0.2) is 39.6 Å². The quantitative estimate of drug-likeness (QED) is 0.476. The van der Waals surface area contributed by atoms with Gasteiger partial charge in [-0.05, 0) is 44.0 Å². The second-order valence-electron chi connectivity index (χ2n) is 5.22. The summed E-state index contributed by atoms with van der Waals surface area (Å²) in [6.07, 6.45) is 1.98. The summed E-state index contributed by atoms with van der Waals surface area (Å²) in [4.78, 5) is 34.4. The van der Waals surface area contributed by atoms with Crippen molar-refractivity contribution < 1.29 is 23.5 Å². The highest BCUT2D eigenvalue weighted by molar-refractivity contribution is 5.91. The first-order valence-corrected chi connectivity index (χ1v) is 7.46. The molecule has 6 heteroatoms. The van der Waals surface area contributed by atoms with Crippen LogP contribution in [0, 0.1) is 13.8 Å². The maximum atomic E-state index is 11.6. The van der Waals surface area contributed by atoms with E-state index in [9.17, 15) is 14.4 Å². The van der Waals surface area contributed by atoms with Crippen molar-refractivity contribution in [2.24, 2.45) is 0 Å². The molecule has 0 aliphatic rings. The molecule has 0 aliphatic carbocycles. The molecule has 1 heterocycles. The summed E-state index contributed by atoms with van der Waals surface area (Å²) < 4.78 is 14.9. The molecule has 0 fully saturated rings. The zero-order chi connectivity index (χ0) is 17.7. The van der Waals surface area contributed by atoms with Gasteiger partial charge in [0.25, 0.3) is 0 Å². The Bertz CT molecular complexity index is 860. The van der Waals surface area contributed by atoms with Crippen LogP contribution in [0.25, 0.3) is 11.0 Å². The van der Waals surface area contributed by atoms with Gasteiger partial charge in [0.1, 0.15) is 12.2 Å². The lowest BCUT2D eigenvalue weighted by atomic mass is 10.0. The Morgan fingerprint density at radius 1 is 1.04 bits per heavy atom. The molecule has 24 heavy (non-hydrogen) atoms. The van der Waals surface area contributed by atoms with E-state index in [0.717, 1.165) is 23.3 Å². The van der Waals surface area contributed by atoms with Gasteiger partial charge in [-0.25, -0.2) is 14.4 Å². The lowest BCUT2D eigenvalue weighted by Gasteiger charge is -2.08. The third-order valence-corrected chi connectivity index (χ3v) is 3.46. The van der Waals surface area contributed by atoms with Gasteiger partial charge in [-0.15, -0.1) is 0 Å². The molecule has 0 atom stereocenters. The number of hydrogen-bond acceptors (Lipinski definition) is 6. The normalized spacial score (nSPS) is 11.0. The van der Waals surface area contributed by atoms with E-state index >= 15 is 0 Å². The van der Waals surface area contributed by atoms with Crippen molar-refractivity contribution in [2.75, 3.05) is 6.61 Å². The minimum atomic E-state index is -0.701. The van der Waals surface area contributed by atoms with E-state index in [-0.39, 0.29) is 13.2 Å². The maximum Gasteiger partial charge on any atom is 0.336 e. The van der Waals surface area contributed by atoms with Gasteiger partial charge in [0.15, 0.2) is 0 Å². The summed E-state index contributed by atoms with van der Waals surface area (Å²) in [6.45, 7) is 5.65. The number of esters is 2. The second kappa shape index (κ2) is 7.59. The van der Waals surface area contributed by atoms with Crippen LogP contribution in [0.5, 0.6) is 0 Å². The fourth-order valence-electron chi connectivity index (χ4n) is 2.13. The first kappa shape index (κ1) is 17.5. The number of ether oxygens (including phenoxy) is 2. The van der Waals surface area contributed by atoms with Crippen LogP contribution < -0.4 is 5.63 Å². The van der Waals surface area contributed by atoms with Crippen molar-refractivity contribution in [2.45, 2.75) is 27.4 Å². The van der Waals surface area contributed by atoms with Crippen molar-refractivity contribution in [3.63, 3.8) is 0 Å². The van der Waals surface area contributed by atoms with Crippen LogP contribution in [0.2, 0.25) is 0 Å². The highest BCUT2D eigenvalue weighted by Crippen LogP contribution is 2.22. The van der Waals surface area contributed by atoms with Gasteiger partial charge in [0.05, 0.1) is 6.61 Å². The van der Waals surface area contributed by atoms with Gasteiger partial charge in [-0.1, -0.05) is 0 Å². The monoisotopic (exact) mass is 330 g/mol. The molecule has 0 saturated carbocycles. The van der Waals surface area contributed by atoms with Crippen LogP contribution >= 0.6 is 0 Å². The maximum absolute atomic E-state index is 11.6. The molecule has 0 unspecified atom stereocenters. The smallest absolute Gasteiger partial charge is 0.336 e. The van der Waals surface area contributed by atoms with E-state index in [1.807, 2.05) is 19.9 Å². The number of carbonyl (C=O) groups excluding carboxylic acids is 2. The van der Waals surface area contributed by atoms with Crippen molar-refractivity contribution in [1.29, 1.82) is 0 Å². The van der Waals surface area contributed by atoms with Crippen LogP contribution in [0.4, 0.5) is 0 Å². The second-order valence-corrected chi connectivity index (χ2v) is 5.22. The van der Waals surface area contributed by atoms with Crippen molar-refractivity contribution >= 4 is 22.9 Å². The third-order valence-electron chi connectivity index (χ3n) is 3.46. The average molecular weight is 330 g/mol. The number of fused-ring (bicyclic) bond motifs is 1. The molecule has 0 radical (unpaired) electrons. The van der Waals surface area contributed by atoms with E-state index < -0.39 is 17.6 Å². The minimum absolute atomic E-state index is 0.101. The highest BCUT2D eigenvalue weighted by atomic mass is 16.5. The predicted octanol–water partition coefficient (Wildman–Crippen LogP) is 2.57. The van der Waals surface area contributed by atoms with Crippen LogP contribution in [0.3, 0.4) is 0 Å². The molecule has 2 rings (SSSR count). The van der Waals surface area contributed by atoms with E-state index in [1.165, 1.54) is 6.07 Å². The number of benzene rings is 1.